The number of amides is 2. The number of nitrogens with one attached hydrogen (secondary N) is 2. The SMILES string of the molecule is O=C(Cc1ccc(CC(=O)N(CCCNCC(O)c2ccc(O)c3[nH]c(=O)ccc23)Cc2ccccc2OCc2ccccc2)cc1)N1CCC(C(=O)OC2CN3CCC2CC3)(c2ccccc2)CC1. The summed E-state index contributed by atoms with van der Waals surface area (Å²) in [6, 6.07) is 41.4. The van der Waals surface area contributed by atoms with Crippen molar-refractivity contribution in [2.75, 3.05) is 52.4 Å². The summed E-state index contributed by atoms with van der Waals surface area (Å²) in [5.41, 5.74) is 4.26. The zero-order valence-corrected chi connectivity index (χ0v) is 39.6. The van der Waals surface area contributed by atoms with E-state index in [2.05, 4.69) is 15.2 Å². The number of carbonyl (C=O) groups excluding carboxylic acids is 3. The smallest absolute Gasteiger partial charge is 0.317 e. The van der Waals surface area contributed by atoms with E-state index >= 15 is 0 Å². The number of nitrogens with zero attached hydrogens (tertiary/aromatic N) is 3. The number of carbonyl (C=O) groups is 3. The van der Waals surface area contributed by atoms with Gasteiger partial charge in [-0.25, -0.2) is 0 Å². The van der Waals surface area contributed by atoms with Crippen molar-refractivity contribution >= 4 is 28.7 Å². The van der Waals surface area contributed by atoms with Gasteiger partial charge in [0.05, 0.1) is 29.9 Å². The number of H-pyrrole nitrogens is 1. The molecular formula is C57H63N5O8. The molecule has 4 aliphatic rings. The van der Waals surface area contributed by atoms with E-state index in [1.54, 1.807) is 12.1 Å². The molecule has 0 aliphatic carbocycles. The molecule has 10 rings (SSSR count). The van der Waals surface area contributed by atoms with Gasteiger partial charge in [-0.05, 0) is 104 Å². The Labute approximate surface area is 409 Å². The first-order chi connectivity index (χ1) is 34.1. The van der Waals surface area contributed by atoms with Gasteiger partial charge in [0.1, 0.15) is 24.2 Å². The van der Waals surface area contributed by atoms with E-state index in [-0.39, 0.29) is 60.1 Å². The maximum atomic E-state index is 14.2. The van der Waals surface area contributed by atoms with Gasteiger partial charge < -0.3 is 39.8 Å². The Morgan fingerprint density at radius 2 is 1.47 bits per heavy atom. The molecule has 6 aromatic rings. The first kappa shape index (κ1) is 48.2. The third kappa shape index (κ3) is 11.4. The minimum absolute atomic E-state index is 0.00413. The van der Waals surface area contributed by atoms with Crippen LogP contribution in [0.25, 0.3) is 10.9 Å². The number of hydrogen-bond acceptors (Lipinski definition) is 10. The molecule has 4 N–H and O–H groups in total. The van der Waals surface area contributed by atoms with Crippen molar-refractivity contribution in [2.24, 2.45) is 5.92 Å². The second-order valence-electron chi connectivity index (χ2n) is 19.1. The van der Waals surface area contributed by atoms with Crippen molar-refractivity contribution in [3.63, 3.8) is 0 Å². The highest BCUT2D eigenvalue weighted by molar-refractivity contribution is 5.87. The number of aromatic amines is 1. The van der Waals surface area contributed by atoms with E-state index in [9.17, 15) is 29.4 Å². The van der Waals surface area contributed by atoms with Gasteiger partial charge in [0.25, 0.3) is 0 Å². The standard InChI is InChI=1S/C57H63N5O8/c63-48-22-20-46(47-21-23-52(65)59-55(47)48)49(64)36-58-28-9-29-62(37-44-12-7-8-15-50(44)69-39-42-10-3-1-4-11-42)54(67)35-41-18-16-40(17-19-41)34-53(66)61-32-26-57(27-33-61,45-13-5-2-6-14-45)56(68)70-51-38-60-30-24-43(51)25-31-60/h1-8,10-23,43,49,51,58,63-64H,9,24-39H2,(H,59,65). The Balaban J connectivity index is 0.816. The summed E-state index contributed by atoms with van der Waals surface area (Å²) < 4.78 is 12.6. The minimum atomic E-state index is -0.909. The number of benzene rings is 5. The number of pyridine rings is 1. The lowest BCUT2D eigenvalue weighted by atomic mass is 9.72. The third-order valence-electron chi connectivity index (χ3n) is 14.6. The molecule has 13 nitrogen and oxygen atoms in total. The van der Waals surface area contributed by atoms with Gasteiger partial charge in [0, 0.05) is 56.3 Å². The molecule has 2 bridgehead atoms. The van der Waals surface area contributed by atoms with Crippen LogP contribution in [-0.4, -0.2) is 106 Å². The Morgan fingerprint density at radius 3 is 2.19 bits per heavy atom. The van der Waals surface area contributed by atoms with Crippen molar-refractivity contribution in [1.29, 1.82) is 0 Å². The Hall–Kier alpha value is -6.80. The van der Waals surface area contributed by atoms with Gasteiger partial charge in [-0.15, -0.1) is 0 Å². The summed E-state index contributed by atoms with van der Waals surface area (Å²) in [7, 11) is 0. The van der Waals surface area contributed by atoms with Crippen molar-refractivity contribution in [1.82, 2.24) is 25.0 Å². The molecule has 1 aromatic heterocycles. The lowest BCUT2D eigenvalue weighted by Crippen LogP contribution is -2.55. The molecule has 4 aliphatic heterocycles. The molecule has 364 valence electrons. The summed E-state index contributed by atoms with van der Waals surface area (Å²) in [6.07, 6.45) is 3.12. The Kier molecular flexibility index (Phi) is 15.4. The highest BCUT2D eigenvalue weighted by Gasteiger charge is 2.47. The van der Waals surface area contributed by atoms with Gasteiger partial charge in [-0.2, -0.15) is 0 Å². The first-order valence-corrected chi connectivity index (χ1v) is 24.7. The number of rotatable bonds is 19. The second-order valence-corrected chi connectivity index (χ2v) is 19.1. The topological polar surface area (TPSA) is 165 Å². The summed E-state index contributed by atoms with van der Waals surface area (Å²) in [5, 5.41) is 25.3. The zero-order chi connectivity index (χ0) is 48.5. The van der Waals surface area contributed by atoms with E-state index in [1.165, 1.54) is 12.1 Å². The summed E-state index contributed by atoms with van der Waals surface area (Å²) in [4.78, 5) is 62.8. The van der Waals surface area contributed by atoms with Gasteiger partial charge in [-0.3, -0.25) is 24.1 Å². The lowest BCUT2D eigenvalue weighted by molar-refractivity contribution is -0.168. The van der Waals surface area contributed by atoms with E-state index in [4.69, 9.17) is 9.47 Å². The number of aliphatic hydroxyl groups is 1. The molecular weight excluding hydrogens is 883 g/mol. The van der Waals surface area contributed by atoms with Gasteiger partial charge in [-0.1, -0.05) is 109 Å². The number of piperidine rings is 4. The van der Waals surface area contributed by atoms with Gasteiger partial charge >= 0.3 is 5.97 Å². The number of likely N-dealkylation sites (tertiary alicyclic amines) is 1. The average molecular weight is 946 g/mol. The maximum Gasteiger partial charge on any atom is 0.317 e. The van der Waals surface area contributed by atoms with Crippen LogP contribution < -0.4 is 15.6 Å². The minimum Gasteiger partial charge on any atom is -0.506 e. The molecule has 70 heavy (non-hydrogen) atoms. The highest BCUT2D eigenvalue weighted by Crippen LogP contribution is 2.39. The average Bonchev–Trinajstić information content (AvgIpc) is 3.39. The summed E-state index contributed by atoms with van der Waals surface area (Å²) in [6.45, 7) is 5.75. The van der Waals surface area contributed by atoms with Crippen LogP contribution in [0.15, 0.2) is 138 Å². The second kappa shape index (κ2) is 22.3. The molecule has 4 fully saturated rings. The predicted molar refractivity (Wildman–Crippen MR) is 268 cm³/mol. The fraction of sp³-hybridized carbons (Fsp3) is 0.368. The summed E-state index contributed by atoms with van der Waals surface area (Å²) >= 11 is 0. The number of aliphatic hydroxyl groups excluding tert-OH is 1. The van der Waals surface area contributed by atoms with Crippen molar-refractivity contribution in [3.05, 3.63) is 177 Å². The molecule has 13 heteroatoms. The number of para-hydroxylation sites is 1. The number of phenols is 1. The lowest BCUT2D eigenvalue weighted by Gasteiger charge is -2.46. The molecule has 5 heterocycles. The normalized spacial score (nSPS) is 18.8. The van der Waals surface area contributed by atoms with Crippen LogP contribution in [0.1, 0.15) is 71.6 Å². The van der Waals surface area contributed by atoms with Crippen LogP contribution in [0, 0.1) is 5.92 Å². The fourth-order valence-electron chi connectivity index (χ4n) is 10.4. The van der Waals surface area contributed by atoms with Crippen LogP contribution in [-0.2, 0) is 50.5 Å². The quantitative estimate of drug-likeness (QED) is 0.0500. The number of aromatic hydroxyl groups is 1. The molecule has 4 saturated heterocycles. The maximum absolute atomic E-state index is 14.2. The Bertz CT molecular complexity index is 2790. The van der Waals surface area contributed by atoms with Crippen LogP contribution in [0.3, 0.4) is 0 Å². The molecule has 2 atom stereocenters. The number of hydrogen-bond donors (Lipinski definition) is 4. The van der Waals surface area contributed by atoms with Crippen LogP contribution >= 0.6 is 0 Å². The number of phenolic OH excluding ortho intramolecular Hbond substituents is 1. The monoisotopic (exact) mass is 945 g/mol. The van der Waals surface area contributed by atoms with Crippen LogP contribution in [0.2, 0.25) is 0 Å². The third-order valence-corrected chi connectivity index (χ3v) is 14.6. The van der Waals surface area contributed by atoms with E-state index in [1.807, 2.05) is 119 Å². The van der Waals surface area contributed by atoms with E-state index in [0.29, 0.717) is 81.2 Å². The predicted octanol–water partition coefficient (Wildman–Crippen LogP) is 6.84. The molecule has 0 spiro atoms. The van der Waals surface area contributed by atoms with Crippen molar-refractivity contribution in [2.45, 2.75) is 75.7 Å². The molecule has 2 amide bonds. The number of fused-ring (bicyclic) bond motifs is 4. The van der Waals surface area contributed by atoms with Gasteiger partial charge in [0.15, 0.2) is 0 Å². The van der Waals surface area contributed by atoms with E-state index < -0.39 is 11.5 Å². The summed E-state index contributed by atoms with van der Waals surface area (Å²) in [5.74, 6) is 0.823. The molecule has 5 aromatic carbocycles. The van der Waals surface area contributed by atoms with Crippen LogP contribution in [0.5, 0.6) is 11.5 Å². The van der Waals surface area contributed by atoms with Crippen molar-refractivity contribution < 1.29 is 34.1 Å². The van der Waals surface area contributed by atoms with Crippen molar-refractivity contribution in [3.8, 4) is 11.5 Å². The zero-order valence-electron chi connectivity index (χ0n) is 39.6. The molecule has 0 saturated carbocycles. The number of ether oxygens (including phenoxy) is 2. The number of esters is 1. The van der Waals surface area contributed by atoms with Crippen LogP contribution in [0.4, 0.5) is 0 Å². The fourth-order valence-corrected chi connectivity index (χ4v) is 10.4. The molecule has 2 unspecified atom stereocenters. The van der Waals surface area contributed by atoms with E-state index in [0.717, 1.165) is 60.3 Å². The largest absolute Gasteiger partial charge is 0.506 e. The first-order valence-electron chi connectivity index (χ1n) is 24.7. The highest BCUT2D eigenvalue weighted by atomic mass is 16.5. The number of aromatic nitrogens is 1. The Morgan fingerprint density at radius 1 is 0.786 bits per heavy atom. The van der Waals surface area contributed by atoms with Gasteiger partial charge in [0.2, 0.25) is 17.4 Å². The molecule has 0 radical (unpaired) electrons.